The Labute approximate surface area is 217 Å². The number of fused-ring (bicyclic) bond motifs is 4. The lowest BCUT2D eigenvalue weighted by Crippen LogP contribution is -2.34. The molecule has 0 spiro atoms. The number of hydrogen-bond acceptors (Lipinski definition) is 7. The number of aryl methyl sites for hydroxylation is 3. The van der Waals surface area contributed by atoms with Gasteiger partial charge in [-0.3, -0.25) is 23.9 Å². The number of rotatable bonds is 6. The highest BCUT2D eigenvalue weighted by molar-refractivity contribution is 7.18. The molecule has 2 aliphatic carbocycles. The molecule has 2 amide bonds. The topological polar surface area (TPSA) is 110 Å². The molecule has 1 aliphatic heterocycles. The molecule has 4 heterocycles. The largest absolute Gasteiger partial charge is 0.365 e. The summed E-state index contributed by atoms with van der Waals surface area (Å²) in [6.07, 6.45) is 10.2. The SMILES string of the molecule is NC(=O)c1c(NC(=O)Cn2c(CN3CCCC3)nc3sc4c(c3c2=O)CCCC4)sc2c1CCCC2. The molecule has 0 atom stereocenters. The van der Waals surface area contributed by atoms with Crippen LogP contribution < -0.4 is 16.6 Å². The first-order valence-corrected chi connectivity index (χ1v) is 14.6. The lowest BCUT2D eigenvalue weighted by molar-refractivity contribution is -0.116. The standard InChI is InChI=1S/C26H31N5O3S2/c27-23(33)21-15-7-1-3-9-17(15)35-24(21)29-20(32)14-31-19(13-30-11-5-6-12-30)28-25-22(26(31)34)16-8-2-4-10-18(16)36-25/h1-14H2,(H2,27,33)(H,29,32). The van der Waals surface area contributed by atoms with Crippen molar-refractivity contribution in [1.82, 2.24) is 14.5 Å². The molecule has 10 heteroatoms. The number of carbonyl (C=O) groups is 2. The van der Waals surface area contributed by atoms with E-state index in [1.165, 1.54) is 16.2 Å². The van der Waals surface area contributed by atoms with Crippen molar-refractivity contribution in [3.05, 3.63) is 42.6 Å². The number of nitrogens with zero attached hydrogens (tertiary/aromatic N) is 3. The smallest absolute Gasteiger partial charge is 0.263 e. The average Bonchev–Trinajstić information content (AvgIpc) is 3.58. The van der Waals surface area contributed by atoms with Gasteiger partial charge in [0.25, 0.3) is 11.5 Å². The third-order valence-electron chi connectivity index (χ3n) is 7.69. The fourth-order valence-electron chi connectivity index (χ4n) is 5.93. The predicted molar refractivity (Wildman–Crippen MR) is 143 cm³/mol. The maximum absolute atomic E-state index is 13.8. The van der Waals surface area contributed by atoms with Gasteiger partial charge in [-0.05, 0) is 88.4 Å². The number of likely N-dealkylation sites (tertiary alicyclic amines) is 1. The molecule has 3 aromatic rings. The first kappa shape index (κ1) is 23.8. The van der Waals surface area contributed by atoms with E-state index in [1.807, 2.05) is 0 Å². The second-order valence-corrected chi connectivity index (χ2v) is 12.3. The number of nitrogens with one attached hydrogen (secondary N) is 1. The van der Waals surface area contributed by atoms with Crippen molar-refractivity contribution >= 4 is 49.7 Å². The van der Waals surface area contributed by atoms with Crippen LogP contribution in [0, 0.1) is 0 Å². The van der Waals surface area contributed by atoms with Gasteiger partial charge in [-0.15, -0.1) is 22.7 Å². The van der Waals surface area contributed by atoms with E-state index < -0.39 is 5.91 Å². The van der Waals surface area contributed by atoms with Crippen molar-refractivity contribution in [2.24, 2.45) is 5.73 Å². The molecular weight excluding hydrogens is 494 g/mol. The van der Waals surface area contributed by atoms with Crippen molar-refractivity contribution in [1.29, 1.82) is 0 Å². The van der Waals surface area contributed by atoms with Crippen LogP contribution in [0.15, 0.2) is 4.79 Å². The molecule has 0 saturated carbocycles. The highest BCUT2D eigenvalue weighted by Crippen LogP contribution is 2.38. The second-order valence-electron chi connectivity index (χ2n) is 10.1. The highest BCUT2D eigenvalue weighted by atomic mass is 32.1. The molecule has 0 bridgehead atoms. The predicted octanol–water partition coefficient (Wildman–Crippen LogP) is 3.61. The van der Waals surface area contributed by atoms with Gasteiger partial charge in [0.05, 0.1) is 17.5 Å². The van der Waals surface area contributed by atoms with Crippen molar-refractivity contribution in [3.8, 4) is 0 Å². The maximum Gasteiger partial charge on any atom is 0.263 e. The fraction of sp³-hybridized carbons (Fsp3) is 0.538. The number of thiophene rings is 2. The van der Waals surface area contributed by atoms with E-state index in [0.29, 0.717) is 28.3 Å². The summed E-state index contributed by atoms with van der Waals surface area (Å²) in [7, 11) is 0. The molecule has 0 aromatic carbocycles. The monoisotopic (exact) mass is 525 g/mol. The molecule has 3 aromatic heterocycles. The Hall–Kier alpha value is -2.56. The number of amides is 2. The molecule has 0 radical (unpaired) electrons. The van der Waals surface area contributed by atoms with Gasteiger partial charge in [0, 0.05) is 9.75 Å². The van der Waals surface area contributed by atoms with Gasteiger partial charge in [-0.2, -0.15) is 0 Å². The average molecular weight is 526 g/mol. The molecule has 3 N–H and O–H groups in total. The third kappa shape index (κ3) is 4.29. The van der Waals surface area contributed by atoms with Crippen molar-refractivity contribution < 1.29 is 9.59 Å². The molecule has 8 nitrogen and oxygen atoms in total. The van der Waals surface area contributed by atoms with Crippen LogP contribution in [0.3, 0.4) is 0 Å². The zero-order valence-electron chi connectivity index (χ0n) is 20.4. The summed E-state index contributed by atoms with van der Waals surface area (Å²) in [4.78, 5) is 49.9. The lowest BCUT2D eigenvalue weighted by atomic mass is 9.95. The summed E-state index contributed by atoms with van der Waals surface area (Å²) < 4.78 is 1.56. The van der Waals surface area contributed by atoms with Gasteiger partial charge in [-0.25, -0.2) is 4.98 Å². The van der Waals surface area contributed by atoms with Gasteiger partial charge in [-0.1, -0.05) is 0 Å². The van der Waals surface area contributed by atoms with Crippen LogP contribution in [0.25, 0.3) is 10.2 Å². The van der Waals surface area contributed by atoms with Crippen LogP contribution in [0.5, 0.6) is 0 Å². The quantitative estimate of drug-likeness (QED) is 0.511. The van der Waals surface area contributed by atoms with E-state index in [2.05, 4.69) is 10.2 Å². The van der Waals surface area contributed by atoms with E-state index in [4.69, 9.17) is 10.7 Å². The number of hydrogen-bond donors (Lipinski definition) is 2. The van der Waals surface area contributed by atoms with Crippen LogP contribution >= 0.6 is 22.7 Å². The van der Waals surface area contributed by atoms with E-state index in [0.717, 1.165) is 98.1 Å². The first-order chi connectivity index (χ1) is 17.5. The van der Waals surface area contributed by atoms with E-state index in [9.17, 15) is 14.4 Å². The van der Waals surface area contributed by atoms with Crippen molar-refractivity contribution in [2.45, 2.75) is 77.3 Å². The highest BCUT2D eigenvalue weighted by Gasteiger charge is 2.27. The second kappa shape index (κ2) is 9.72. The molecular formula is C26H31N5O3S2. The minimum absolute atomic E-state index is 0.121. The first-order valence-electron chi connectivity index (χ1n) is 13.0. The Balaban J connectivity index is 1.36. The van der Waals surface area contributed by atoms with Gasteiger partial charge >= 0.3 is 0 Å². The van der Waals surface area contributed by atoms with Gasteiger partial charge in [0.15, 0.2) is 0 Å². The Bertz CT molecular complexity index is 1410. The maximum atomic E-state index is 13.8. The summed E-state index contributed by atoms with van der Waals surface area (Å²) in [5, 5.41) is 4.13. The Kier molecular flexibility index (Phi) is 6.43. The summed E-state index contributed by atoms with van der Waals surface area (Å²) in [6, 6.07) is 0. The summed E-state index contributed by atoms with van der Waals surface area (Å²) in [6.45, 7) is 2.38. The molecule has 1 saturated heterocycles. The third-order valence-corrected chi connectivity index (χ3v) is 10.1. The van der Waals surface area contributed by atoms with Crippen LogP contribution in [0.4, 0.5) is 5.00 Å². The molecule has 36 heavy (non-hydrogen) atoms. The number of anilines is 1. The van der Waals surface area contributed by atoms with Crippen LogP contribution in [-0.4, -0.2) is 39.4 Å². The number of primary amides is 1. The van der Waals surface area contributed by atoms with E-state index in [1.54, 1.807) is 15.9 Å². The molecule has 6 rings (SSSR count). The fourth-order valence-corrected chi connectivity index (χ4v) is 8.51. The molecule has 0 unspecified atom stereocenters. The summed E-state index contributed by atoms with van der Waals surface area (Å²) in [5.41, 5.74) is 8.14. The zero-order chi connectivity index (χ0) is 24.8. The number of carbonyl (C=O) groups excluding carboxylic acids is 2. The minimum Gasteiger partial charge on any atom is -0.365 e. The minimum atomic E-state index is -0.510. The Morgan fingerprint density at radius 2 is 1.58 bits per heavy atom. The molecule has 3 aliphatic rings. The van der Waals surface area contributed by atoms with Crippen LogP contribution in [0.2, 0.25) is 0 Å². The zero-order valence-corrected chi connectivity index (χ0v) is 22.0. The molecule has 1 fully saturated rings. The Morgan fingerprint density at radius 1 is 0.917 bits per heavy atom. The van der Waals surface area contributed by atoms with Crippen molar-refractivity contribution in [3.63, 3.8) is 0 Å². The van der Waals surface area contributed by atoms with Gasteiger partial charge in [0.1, 0.15) is 22.2 Å². The van der Waals surface area contributed by atoms with Crippen LogP contribution in [-0.2, 0) is 43.6 Å². The lowest BCUT2D eigenvalue weighted by Gasteiger charge is -2.18. The molecule has 190 valence electrons. The van der Waals surface area contributed by atoms with Gasteiger partial charge < -0.3 is 11.1 Å². The number of nitrogens with two attached hydrogens (primary N) is 1. The van der Waals surface area contributed by atoms with E-state index >= 15 is 0 Å². The van der Waals surface area contributed by atoms with Gasteiger partial charge in [0.2, 0.25) is 5.91 Å². The normalized spacial score (nSPS) is 17.8. The number of aromatic nitrogens is 2. The summed E-state index contributed by atoms with van der Waals surface area (Å²) >= 11 is 3.09. The van der Waals surface area contributed by atoms with Crippen molar-refractivity contribution in [2.75, 3.05) is 18.4 Å². The summed E-state index contributed by atoms with van der Waals surface area (Å²) in [5.74, 6) is -0.195. The van der Waals surface area contributed by atoms with E-state index in [-0.39, 0.29) is 18.0 Å². The van der Waals surface area contributed by atoms with Crippen LogP contribution in [0.1, 0.15) is 75.6 Å². The Morgan fingerprint density at radius 3 is 2.31 bits per heavy atom.